The average molecular weight is 295 g/mol. The van der Waals surface area contributed by atoms with E-state index in [-0.39, 0.29) is 24.6 Å². The number of aliphatic hydroxyl groups is 1. The van der Waals surface area contributed by atoms with Gasteiger partial charge in [0.25, 0.3) is 0 Å². The fourth-order valence-corrected chi connectivity index (χ4v) is 2.69. The van der Waals surface area contributed by atoms with Gasteiger partial charge in [0.1, 0.15) is 0 Å². The number of nitrogens with one attached hydrogen (secondary N) is 2. The van der Waals surface area contributed by atoms with Gasteiger partial charge in [0.15, 0.2) is 5.76 Å². The van der Waals surface area contributed by atoms with Gasteiger partial charge in [-0.1, -0.05) is 31.8 Å². The molecule has 0 radical (unpaired) electrons. The number of carbonyl (C=O) groups is 1. The third kappa shape index (κ3) is 4.46. The van der Waals surface area contributed by atoms with E-state index in [0.717, 1.165) is 31.4 Å². The lowest BCUT2D eigenvalue weighted by Crippen LogP contribution is -2.47. The zero-order chi connectivity index (χ0) is 15.2. The molecule has 6 nitrogen and oxygen atoms in total. The van der Waals surface area contributed by atoms with Crippen molar-refractivity contribution in [3.63, 3.8) is 0 Å². The Morgan fingerprint density at radius 1 is 1.48 bits per heavy atom. The molecule has 1 saturated carbocycles. The van der Waals surface area contributed by atoms with Crippen LogP contribution in [0.4, 0.5) is 4.79 Å². The molecule has 2 unspecified atom stereocenters. The maximum atomic E-state index is 11.9. The van der Waals surface area contributed by atoms with Gasteiger partial charge in [-0.25, -0.2) is 4.79 Å². The van der Waals surface area contributed by atoms with Crippen molar-refractivity contribution < 1.29 is 14.4 Å². The Kier molecular flexibility index (Phi) is 5.61. The van der Waals surface area contributed by atoms with Gasteiger partial charge in [-0.15, -0.1) is 0 Å². The molecule has 0 aliphatic heterocycles. The van der Waals surface area contributed by atoms with Crippen LogP contribution < -0.4 is 10.6 Å². The normalized spacial score (nSPS) is 22.3. The maximum absolute atomic E-state index is 11.9. The van der Waals surface area contributed by atoms with E-state index in [2.05, 4.69) is 15.8 Å². The predicted octanol–water partition coefficient (Wildman–Crippen LogP) is 2.15. The molecular weight excluding hydrogens is 270 g/mol. The van der Waals surface area contributed by atoms with Crippen LogP contribution in [0.5, 0.6) is 0 Å². The third-order valence-electron chi connectivity index (χ3n) is 4.05. The van der Waals surface area contributed by atoms with Gasteiger partial charge in [-0.2, -0.15) is 0 Å². The Morgan fingerprint density at radius 2 is 2.24 bits per heavy atom. The lowest BCUT2D eigenvalue weighted by Gasteiger charge is -2.30. The zero-order valence-electron chi connectivity index (χ0n) is 12.8. The molecule has 118 valence electrons. The van der Waals surface area contributed by atoms with Crippen LogP contribution in [-0.4, -0.2) is 28.9 Å². The average Bonchev–Trinajstić information content (AvgIpc) is 2.95. The summed E-state index contributed by atoms with van der Waals surface area (Å²) >= 11 is 0. The molecule has 1 heterocycles. The highest BCUT2D eigenvalue weighted by atomic mass is 16.5. The van der Waals surface area contributed by atoms with E-state index in [1.54, 1.807) is 0 Å². The van der Waals surface area contributed by atoms with Crippen LogP contribution in [0.15, 0.2) is 10.6 Å². The number of carbonyl (C=O) groups excluding carboxylic acids is 1. The summed E-state index contributed by atoms with van der Waals surface area (Å²) in [6.07, 6.45) is 4.13. The lowest BCUT2D eigenvalue weighted by atomic mass is 9.85. The monoisotopic (exact) mass is 295 g/mol. The molecule has 2 atom stereocenters. The highest BCUT2D eigenvalue weighted by Gasteiger charge is 2.25. The SMILES string of the molecule is CC(C)c1cc(CNC(=O)NC2CCCCC2CO)on1. The Hall–Kier alpha value is -1.56. The third-order valence-corrected chi connectivity index (χ3v) is 4.05. The Labute approximate surface area is 125 Å². The molecule has 0 saturated heterocycles. The highest BCUT2D eigenvalue weighted by molar-refractivity contribution is 5.74. The van der Waals surface area contributed by atoms with Gasteiger partial charge >= 0.3 is 6.03 Å². The fourth-order valence-electron chi connectivity index (χ4n) is 2.69. The maximum Gasteiger partial charge on any atom is 0.315 e. The van der Waals surface area contributed by atoms with E-state index < -0.39 is 0 Å². The molecule has 1 aliphatic rings. The van der Waals surface area contributed by atoms with Gasteiger partial charge < -0.3 is 20.3 Å². The molecule has 1 aromatic rings. The highest BCUT2D eigenvalue weighted by Crippen LogP contribution is 2.23. The van der Waals surface area contributed by atoms with E-state index in [1.807, 2.05) is 19.9 Å². The first-order chi connectivity index (χ1) is 10.1. The summed E-state index contributed by atoms with van der Waals surface area (Å²) in [6, 6.07) is 1.70. The van der Waals surface area contributed by atoms with Crippen molar-refractivity contribution in [1.29, 1.82) is 0 Å². The molecule has 0 bridgehead atoms. The summed E-state index contributed by atoms with van der Waals surface area (Å²) in [7, 11) is 0. The molecule has 21 heavy (non-hydrogen) atoms. The second kappa shape index (κ2) is 7.45. The quantitative estimate of drug-likeness (QED) is 0.776. The van der Waals surface area contributed by atoms with Crippen molar-refractivity contribution in [1.82, 2.24) is 15.8 Å². The number of amides is 2. The van der Waals surface area contributed by atoms with Gasteiger partial charge in [-0.3, -0.25) is 0 Å². The summed E-state index contributed by atoms with van der Waals surface area (Å²) in [5, 5.41) is 19.0. The second-order valence-electron chi connectivity index (χ2n) is 6.03. The Balaban J connectivity index is 1.78. The summed E-state index contributed by atoms with van der Waals surface area (Å²) in [6.45, 7) is 4.53. The minimum Gasteiger partial charge on any atom is -0.396 e. The Morgan fingerprint density at radius 3 is 2.90 bits per heavy atom. The zero-order valence-corrected chi connectivity index (χ0v) is 12.8. The molecule has 0 spiro atoms. The van der Waals surface area contributed by atoms with Crippen molar-refractivity contribution in [3.05, 3.63) is 17.5 Å². The van der Waals surface area contributed by atoms with E-state index in [0.29, 0.717) is 18.2 Å². The van der Waals surface area contributed by atoms with Gasteiger partial charge in [0.2, 0.25) is 0 Å². The van der Waals surface area contributed by atoms with E-state index in [9.17, 15) is 9.90 Å². The van der Waals surface area contributed by atoms with E-state index in [4.69, 9.17) is 4.52 Å². The van der Waals surface area contributed by atoms with Crippen molar-refractivity contribution in [2.75, 3.05) is 6.61 Å². The Bertz CT molecular complexity index is 459. The predicted molar refractivity (Wildman–Crippen MR) is 78.8 cm³/mol. The molecule has 3 N–H and O–H groups in total. The molecule has 1 aliphatic carbocycles. The molecule has 1 aromatic heterocycles. The van der Waals surface area contributed by atoms with Crippen LogP contribution in [0.3, 0.4) is 0 Å². The summed E-state index contributed by atoms with van der Waals surface area (Å²) in [5.41, 5.74) is 0.889. The second-order valence-corrected chi connectivity index (χ2v) is 6.03. The van der Waals surface area contributed by atoms with Gasteiger partial charge in [-0.05, 0) is 18.8 Å². The molecular formula is C15H25N3O3. The van der Waals surface area contributed by atoms with Gasteiger partial charge in [0.05, 0.1) is 12.2 Å². The number of aliphatic hydroxyl groups excluding tert-OH is 1. The van der Waals surface area contributed by atoms with Crippen molar-refractivity contribution >= 4 is 6.03 Å². The van der Waals surface area contributed by atoms with Crippen LogP contribution >= 0.6 is 0 Å². The fraction of sp³-hybridized carbons (Fsp3) is 0.733. The lowest BCUT2D eigenvalue weighted by molar-refractivity contribution is 0.153. The van der Waals surface area contributed by atoms with Crippen molar-refractivity contribution in [3.8, 4) is 0 Å². The van der Waals surface area contributed by atoms with Crippen molar-refractivity contribution in [2.45, 2.75) is 58.0 Å². The first kappa shape index (κ1) is 15.8. The molecule has 6 heteroatoms. The van der Waals surface area contributed by atoms with Crippen LogP contribution in [0.25, 0.3) is 0 Å². The van der Waals surface area contributed by atoms with E-state index in [1.165, 1.54) is 0 Å². The number of hydrogen-bond acceptors (Lipinski definition) is 4. The van der Waals surface area contributed by atoms with Gasteiger partial charge in [0, 0.05) is 24.6 Å². The summed E-state index contributed by atoms with van der Waals surface area (Å²) in [4.78, 5) is 11.9. The van der Waals surface area contributed by atoms with Crippen LogP contribution in [0.2, 0.25) is 0 Å². The standard InChI is InChI=1S/C15H25N3O3/c1-10(2)14-7-12(21-18-14)8-16-15(20)17-13-6-4-3-5-11(13)9-19/h7,10-11,13,19H,3-6,8-9H2,1-2H3,(H2,16,17,20). The number of rotatable bonds is 5. The first-order valence-electron chi connectivity index (χ1n) is 7.71. The number of hydrogen-bond donors (Lipinski definition) is 3. The minimum absolute atomic E-state index is 0.0599. The largest absolute Gasteiger partial charge is 0.396 e. The van der Waals surface area contributed by atoms with Crippen LogP contribution in [0.1, 0.15) is 56.9 Å². The van der Waals surface area contributed by atoms with E-state index >= 15 is 0 Å². The first-order valence-corrected chi connectivity index (χ1v) is 7.71. The van der Waals surface area contributed by atoms with Crippen LogP contribution in [-0.2, 0) is 6.54 Å². The molecule has 2 amide bonds. The molecule has 1 fully saturated rings. The summed E-state index contributed by atoms with van der Waals surface area (Å²) in [5.74, 6) is 1.13. The van der Waals surface area contributed by atoms with Crippen molar-refractivity contribution in [2.24, 2.45) is 5.92 Å². The minimum atomic E-state index is -0.220. The smallest absolute Gasteiger partial charge is 0.315 e. The number of aromatic nitrogens is 1. The number of urea groups is 1. The topological polar surface area (TPSA) is 87.4 Å². The molecule has 2 rings (SSSR count). The molecule has 0 aromatic carbocycles. The van der Waals surface area contributed by atoms with Crippen LogP contribution in [0, 0.1) is 5.92 Å². The number of nitrogens with zero attached hydrogens (tertiary/aromatic N) is 1. The summed E-state index contributed by atoms with van der Waals surface area (Å²) < 4.78 is 5.18.